The lowest BCUT2D eigenvalue weighted by atomic mass is 10.2. The van der Waals surface area contributed by atoms with Crippen LogP contribution >= 0.6 is 0 Å². The van der Waals surface area contributed by atoms with Crippen LogP contribution in [0.5, 0.6) is 0 Å². The quantitative estimate of drug-likeness (QED) is 0.818. The fraction of sp³-hybridized carbons (Fsp3) is 0.462. The van der Waals surface area contributed by atoms with Crippen LogP contribution in [-0.4, -0.2) is 23.3 Å². The highest BCUT2D eigenvalue weighted by Crippen LogP contribution is 2.37. The molecule has 2 rings (SSSR count). The Morgan fingerprint density at radius 1 is 1.35 bits per heavy atom. The van der Waals surface area contributed by atoms with Gasteiger partial charge in [-0.3, -0.25) is 0 Å². The first kappa shape index (κ1) is 11.9. The fourth-order valence-corrected chi connectivity index (χ4v) is 1.57. The number of alkyl carbamates (subject to hydrolysis) is 1. The summed E-state index contributed by atoms with van der Waals surface area (Å²) in [6.07, 6.45) is 1.85. The summed E-state index contributed by atoms with van der Waals surface area (Å²) in [5.41, 5.74) is 0.440. The van der Waals surface area contributed by atoms with Crippen molar-refractivity contribution in [3.05, 3.63) is 35.9 Å². The number of nitrogens with one attached hydrogen (secondary N) is 1. The molecule has 2 N–H and O–H groups in total. The highest BCUT2D eigenvalue weighted by atomic mass is 16.5. The molecule has 1 aromatic rings. The summed E-state index contributed by atoms with van der Waals surface area (Å²) < 4.78 is 5.03. The molecular weight excluding hydrogens is 218 g/mol. The van der Waals surface area contributed by atoms with Crippen molar-refractivity contribution < 1.29 is 14.6 Å². The summed E-state index contributed by atoms with van der Waals surface area (Å²) in [6.45, 7) is 0.737. The molecule has 0 aromatic heterocycles. The topological polar surface area (TPSA) is 58.6 Å². The molecule has 0 atom stereocenters. The largest absolute Gasteiger partial charge is 0.445 e. The lowest BCUT2D eigenvalue weighted by molar-refractivity contribution is 0.126. The van der Waals surface area contributed by atoms with E-state index in [4.69, 9.17) is 4.74 Å². The van der Waals surface area contributed by atoms with Crippen molar-refractivity contribution in [3.63, 3.8) is 0 Å². The van der Waals surface area contributed by atoms with E-state index in [1.807, 2.05) is 30.3 Å². The van der Waals surface area contributed by atoms with Gasteiger partial charge in [-0.1, -0.05) is 30.3 Å². The minimum absolute atomic E-state index is 0.275. The Bertz CT molecular complexity index is 374. The zero-order valence-electron chi connectivity index (χ0n) is 9.69. The van der Waals surface area contributed by atoms with Gasteiger partial charge >= 0.3 is 6.09 Å². The van der Waals surface area contributed by atoms with Gasteiger partial charge in [0.05, 0.1) is 5.60 Å². The number of ether oxygens (including phenoxy) is 1. The molecule has 0 aliphatic heterocycles. The first-order valence-electron chi connectivity index (χ1n) is 5.85. The average molecular weight is 235 g/mol. The molecule has 1 saturated carbocycles. The molecule has 17 heavy (non-hydrogen) atoms. The number of hydrogen-bond donors (Lipinski definition) is 2. The van der Waals surface area contributed by atoms with Crippen LogP contribution < -0.4 is 5.32 Å². The second-order valence-corrected chi connectivity index (χ2v) is 4.46. The summed E-state index contributed by atoms with van der Waals surface area (Å²) in [5.74, 6) is 0. The van der Waals surface area contributed by atoms with Crippen LogP contribution in [0.1, 0.15) is 24.8 Å². The molecule has 0 radical (unpaired) electrons. The van der Waals surface area contributed by atoms with Crippen molar-refractivity contribution in [1.82, 2.24) is 5.32 Å². The molecule has 0 saturated heterocycles. The third-order valence-corrected chi connectivity index (χ3v) is 2.90. The number of carbonyl (C=O) groups is 1. The van der Waals surface area contributed by atoms with Gasteiger partial charge in [0, 0.05) is 6.54 Å². The second-order valence-electron chi connectivity index (χ2n) is 4.46. The number of rotatable bonds is 5. The van der Waals surface area contributed by atoms with Gasteiger partial charge in [-0.15, -0.1) is 0 Å². The third-order valence-electron chi connectivity index (χ3n) is 2.90. The van der Waals surface area contributed by atoms with E-state index < -0.39 is 11.7 Å². The minimum Gasteiger partial charge on any atom is -0.445 e. The number of carbonyl (C=O) groups excluding carboxylic acids is 1. The highest BCUT2D eigenvalue weighted by Gasteiger charge is 2.39. The van der Waals surface area contributed by atoms with Gasteiger partial charge in [-0.2, -0.15) is 0 Å². The van der Waals surface area contributed by atoms with Crippen molar-refractivity contribution in [2.75, 3.05) is 6.54 Å². The van der Waals surface area contributed by atoms with E-state index in [-0.39, 0.29) is 6.61 Å². The van der Waals surface area contributed by atoms with E-state index in [1.165, 1.54) is 0 Å². The van der Waals surface area contributed by atoms with E-state index in [9.17, 15) is 9.90 Å². The van der Waals surface area contributed by atoms with Crippen LogP contribution in [-0.2, 0) is 11.3 Å². The lowest BCUT2D eigenvalue weighted by Gasteiger charge is -2.09. The Balaban J connectivity index is 1.61. The monoisotopic (exact) mass is 235 g/mol. The van der Waals surface area contributed by atoms with Crippen LogP contribution in [0, 0.1) is 0 Å². The van der Waals surface area contributed by atoms with Crippen LogP contribution in [0.3, 0.4) is 0 Å². The van der Waals surface area contributed by atoms with Gasteiger partial charge in [0.2, 0.25) is 0 Å². The predicted octanol–water partition coefficient (Wildman–Crippen LogP) is 1.83. The Kier molecular flexibility index (Phi) is 3.64. The maximum Gasteiger partial charge on any atom is 0.407 e. The summed E-state index contributed by atoms with van der Waals surface area (Å²) in [4.78, 5) is 11.3. The van der Waals surface area contributed by atoms with E-state index in [2.05, 4.69) is 5.32 Å². The molecule has 4 heteroatoms. The van der Waals surface area contributed by atoms with E-state index in [0.717, 1.165) is 18.4 Å². The zero-order valence-corrected chi connectivity index (χ0v) is 9.69. The molecule has 0 heterocycles. The number of benzene rings is 1. The first-order chi connectivity index (χ1) is 8.18. The Labute approximate surface area is 101 Å². The van der Waals surface area contributed by atoms with Crippen LogP contribution in [0.2, 0.25) is 0 Å². The molecule has 4 nitrogen and oxygen atoms in total. The van der Waals surface area contributed by atoms with Crippen molar-refractivity contribution >= 4 is 6.09 Å². The molecule has 1 aliphatic rings. The number of amides is 1. The zero-order chi connectivity index (χ0) is 12.1. The molecule has 1 amide bonds. The molecule has 0 bridgehead atoms. The Morgan fingerprint density at radius 2 is 2.06 bits per heavy atom. The standard InChI is InChI=1S/C13H17NO3/c15-12(14-9-8-13(16)6-7-13)17-10-11-4-2-1-3-5-11/h1-5,16H,6-10H2,(H,14,15). The molecule has 92 valence electrons. The van der Waals surface area contributed by atoms with Crippen LogP contribution in [0.4, 0.5) is 4.79 Å². The number of aliphatic hydroxyl groups is 1. The average Bonchev–Trinajstić information content (AvgIpc) is 3.06. The molecule has 0 unspecified atom stereocenters. The molecule has 0 spiro atoms. The van der Waals surface area contributed by atoms with Gasteiger partial charge < -0.3 is 15.2 Å². The second kappa shape index (κ2) is 5.19. The molecule has 1 fully saturated rings. The molecular formula is C13H17NO3. The predicted molar refractivity (Wildman–Crippen MR) is 63.4 cm³/mol. The van der Waals surface area contributed by atoms with E-state index >= 15 is 0 Å². The third kappa shape index (κ3) is 4.07. The maximum atomic E-state index is 11.3. The van der Waals surface area contributed by atoms with Gasteiger partial charge in [-0.25, -0.2) is 4.79 Å². The van der Waals surface area contributed by atoms with Crippen molar-refractivity contribution in [1.29, 1.82) is 0 Å². The van der Waals surface area contributed by atoms with E-state index in [0.29, 0.717) is 13.0 Å². The normalized spacial score (nSPS) is 16.3. The highest BCUT2D eigenvalue weighted by molar-refractivity contribution is 5.67. The van der Waals surface area contributed by atoms with Gasteiger partial charge in [0.1, 0.15) is 6.61 Å². The fourth-order valence-electron chi connectivity index (χ4n) is 1.57. The summed E-state index contributed by atoms with van der Waals surface area (Å²) in [5, 5.41) is 12.2. The van der Waals surface area contributed by atoms with E-state index in [1.54, 1.807) is 0 Å². The summed E-state index contributed by atoms with van der Waals surface area (Å²) in [7, 11) is 0. The lowest BCUT2D eigenvalue weighted by Crippen LogP contribution is -2.28. The summed E-state index contributed by atoms with van der Waals surface area (Å²) in [6, 6.07) is 9.53. The first-order valence-corrected chi connectivity index (χ1v) is 5.85. The van der Waals surface area contributed by atoms with Crippen molar-refractivity contribution in [2.24, 2.45) is 0 Å². The molecule has 1 aliphatic carbocycles. The SMILES string of the molecule is O=C(NCCC1(O)CC1)OCc1ccccc1. The minimum atomic E-state index is -0.521. The van der Waals surface area contributed by atoms with Gasteiger partial charge in [0.15, 0.2) is 0 Å². The van der Waals surface area contributed by atoms with Gasteiger partial charge in [0.25, 0.3) is 0 Å². The summed E-state index contributed by atoms with van der Waals surface area (Å²) >= 11 is 0. The molecule has 1 aromatic carbocycles. The van der Waals surface area contributed by atoms with Crippen molar-refractivity contribution in [3.8, 4) is 0 Å². The smallest absolute Gasteiger partial charge is 0.407 e. The van der Waals surface area contributed by atoms with Crippen molar-refractivity contribution in [2.45, 2.75) is 31.5 Å². The van der Waals surface area contributed by atoms with Gasteiger partial charge in [-0.05, 0) is 24.8 Å². The maximum absolute atomic E-state index is 11.3. The van der Waals surface area contributed by atoms with Crippen LogP contribution in [0.15, 0.2) is 30.3 Å². The van der Waals surface area contributed by atoms with Crippen LogP contribution in [0.25, 0.3) is 0 Å². The Morgan fingerprint density at radius 3 is 2.71 bits per heavy atom. The Hall–Kier alpha value is -1.55. The number of hydrogen-bond acceptors (Lipinski definition) is 3.